The molecule has 0 saturated carbocycles. The summed E-state index contributed by atoms with van der Waals surface area (Å²) >= 11 is 5.70. The number of benzene rings is 1. The van der Waals surface area contributed by atoms with Crippen LogP contribution in [-0.2, 0) is 11.2 Å². The van der Waals surface area contributed by atoms with Crippen molar-refractivity contribution in [1.82, 2.24) is 4.90 Å². The zero-order valence-corrected chi connectivity index (χ0v) is 12.9. The smallest absolute Gasteiger partial charge is 0.223 e. The summed E-state index contributed by atoms with van der Waals surface area (Å²) in [5, 5.41) is 0. The Morgan fingerprint density at radius 1 is 1.26 bits per heavy atom. The van der Waals surface area contributed by atoms with Crippen molar-refractivity contribution in [3.05, 3.63) is 35.4 Å². The summed E-state index contributed by atoms with van der Waals surface area (Å²) in [6.45, 7) is 6.94. The molecule has 1 aromatic carbocycles. The molecule has 0 aliphatic heterocycles. The second-order valence-corrected chi connectivity index (χ2v) is 5.59. The van der Waals surface area contributed by atoms with E-state index < -0.39 is 0 Å². The lowest BCUT2D eigenvalue weighted by molar-refractivity contribution is -0.132. The van der Waals surface area contributed by atoms with Crippen molar-refractivity contribution in [2.45, 2.75) is 46.1 Å². The predicted octanol–water partition coefficient (Wildman–Crippen LogP) is 3.79. The average Bonchev–Trinajstić information content (AvgIpc) is 2.38. The molecule has 19 heavy (non-hydrogen) atoms. The van der Waals surface area contributed by atoms with Gasteiger partial charge in [-0.25, -0.2) is 0 Å². The van der Waals surface area contributed by atoms with Gasteiger partial charge in [0.1, 0.15) is 0 Å². The van der Waals surface area contributed by atoms with E-state index in [0.29, 0.717) is 12.3 Å². The van der Waals surface area contributed by atoms with Gasteiger partial charge in [-0.05, 0) is 39.2 Å². The number of rotatable bonds is 7. The normalized spacial score (nSPS) is 10.8. The Labute approximate surface area is 121 Å². The number of aryl methyl sites for hydroxylation is 2. The van der Waals surface area contributed by atoms with Crippen LogP contribution in [0.1, 0.15) is 37.8 Å². The van der Waals surface area contributed by atoms with Crippen LogP contribution in [0.15, 0.2) is 24.3 Å². The predicted molar refractivity (Wildman–Crippen MR) is 81.7 cm³/mol. The Morgan fingerprint density at radius 3 is 2.42 bits per heavy atom. The van der Waals surface area contributed by atoms with Crippen LogP contribution in [-0.4, -0.2) is 29.3 Å². The van der Waals surface area contributed by atoms with Crippen LogP contribution in [0.4, 0.5) is 0 Å². The average molecular weight is 282 g/mol. The van der Waals surface area contributed by atoms with E-state index >= 15 is 0 Å². The molecule has 0 aliphatic carbocycles. The first-order valence-electron chi connectivity index (χ1n) is 6.95. The van der Waals surface area contributed by atoms with Crippen molar-refractivity contribution in [3.8, 4) is 0 Å². The monoisotopic (exact) mass is 281 g/mol. The molecule has 1 rings (SSSR count). The Kier molecular flexibility index (Phi) is 6.93. The lowest BCUT2D eigenvalue weighted by Crippen LogP contribution is -2.38. The maximum atomic E-state index is 12.2. The summed E-state index contributed by atoms with van der Waals surface area (Å²) in [6.07, 6.45) is 2.24. The van der Waals surface area contributed by atoms with Gasteiger partial charge in [-0.2, -0.15) is 0 Å². The van der Waals surface area contributed by atoms with Crippen molar-refractivity contribution in [3.63, 3.8) is 0 Å². The molecule has 0 heterocycles. The molecule has 106 valence electrons. The number of carbonyl (C=O) groups is 1. The maximum Gasteiger partial charge on any atom is 0.223 e. The molecule has 2 nitrogen and oxygen atoms in total. The second kappa shape index (κ2) is 8.21. The Hall–Kier alpha value is -1.02. The number of hydrogen-bond acceptors (Lipinski definition) is 1. The third kappa shape index (κ3) is 5.65. The zero-order chi connectivity index (χ0) is 14.3. The van der Waals surface area contributed by atoms with Crippen molar-refractivity contribution in [2.75, 3.05) is 12.4 Å². The highest BCUT2D eigenvalue weighted by Gasteiger charge is 2.15. The zero-order valence-electron chi connectivity index (χ0n) is 12.2. The van der Waals surface area contributed by atoms with E-state index in [0.717, 1.165) is 19.4 Å². The first kappa shape index (κ1) is 16.0. The number of alkyl halides is 1. The van der Waals surface area contributed by atoms with Crippen LogP contribution < -0.4 is 0 Å². The van der Waals surface area contributed by atoms with Crippen LogP contribution in [0.3, 0.4) is 0 Å². The highest BCUT2D eigenvalue weighted by molar-refractivity contribution is 6.17. The van der Waals surface area contributed by atoms with E-state index in [1.165, 1.54) is 11.1 Å². The van der Waals surface area contributed by atoms with E-state index in [2.05, 4.69) is 45.0 Å². The van der Waals surface area contributed by atoms with Gasteiger partial charge < -0.3 is 4.90 Å². The minimum absolute atomic E-state index is 0.223. The van der Waals surface area contributed by atoms with Gasteiger partial charge in [-0.1, -0.05) is 29.8 Å². The van der Waals surface area contributed by atoms with E-state index in [-0.39, 0.29) is 11.9 Å². The number of halogens is 1. The fourth-order valence-corrected chi connectivity index (χ4v) is 2.17. The third-order valence-corrected chi connectivity index (χ3v) is 3.49. The van der Waals surface area contributed by atoms with Crippen LogP contribution in [0.25, 0.3) is 0 Å². The minimum Gasteiger partial charge on any atom is -0.340 e. The van der Waals surface area contributed by atoms with E-state index in [1.54, 1.807) is 0 Å². The Morgan fingerprint density at radius 2 is 1.89 bits per heavy atom. The van der Waals surface area contributed by atoms with Crippen LogP contribution in [0, 0.1) is 6.92 Å². The lowest BCUT2D eigenvalue weighted by atomic mass is 10.1. The molecule has 0 radical (unpaired) electrons. The molecule has 0 atom stereocenters. The Bertz CT molecular complexity index is 386. The van der Waals surface area contributed by atoms with Gasteiger partial charge in [-0.15, -0.1) is 11.6 Å². The summed E-state index contributed by atoms with van der Waals surface area (Å²) in [4.78, 5) is 14.1. The van der Waals surface area contributed by atoms with E-state index in [4.69, 9.17) is 11.6 Å². The largest absolute Gasteiger partial charge is 0.340 e. The first-order chi connectivity index (χ1) is 9.04. The molecule has 0 fully saturated rings. The van der Waals surface area contributed by atoms with Crippen molar-refractivity contribution in [1.29, 1.82) is 0 Å². The lowest BCUT2D eigenvalue weighted by Gasteiger charge is -2.26. The summed E-state index contributed by atoms with van der Waals surface area (Å²) in [7, 11) is 0. The summed E-state index contributed by atoms with van der Waals surface area (Å²) in [5.41, 5.74) is 2.47. The second-order valence-electron chi connectivity index (χ2n) is 5.21. The van der Waals surface area contributed by atoms with Gasteiger partial charge in [0, 0.05) is 24.9 Å². The summed E-state index contributed by atoms with van der Waals surface area (Å²) in [6, 6.07) is 8.62. The molecule has 1 amide bonds. The maximum absolute atomic E-state index is 12.2. The number of nitrogens with zero attached hydrogens (tertiary/aromatic N) is 1. The van der Waals surface area contributed by atoms with Gasteiger partial charge >= 0.3 is 0 Å². The molecule has 0 saturated heterocycles. The summed E-state index contributed by atoms with van der Waals surface area (Å²) in [5.74, 6) is 0.828. The van der Waals surface area contributed by atoms with Crippen molar-refractivity contribution < 1.29 is 4.79 Å². The molecular weight excluding hydrogens is 258 g/mol. The molecule has 3 heteroatoms. The van der Waals surface area contributed by atoms with Crippen molar-refractivity contribution >= 4 is 17.5 Å². The summed E-state index contributed by atoms with van der Waals surface area (Å²) < 4.78 is 0. The quantitative estimate of drug-likeness (QED) is 0.696. The fraction of sp³-hybridized carbons (Fsp3) is 0.562. The molecule has 0 unspecified atom stereocenters. The van der Waals surface area contributed by atoms with Gasteiger partial charge in [0.15, 0.2) is 0 Å². The van der Waals surface area contributed by atoms with Crippen LogP contribution >= 0.6 is 11.6 Å². The molecule has 1 aromatic rings. The fourth-order valence-electron chi connectivity index (χ4n) is 2.05. The highest BCUT2D eigenvalue weighted by atomic mass is 35.5. The molecule has 0 aromatic heterocycles. The molecular formula is C16H24ClNO. The van der Waals surface area contributed by atoms with Gasteiger partial charge in [0.05, 0.1) is 0 Å². The standard InChI is InChI=1S/C16H24ClNO/c1-13(2)18(12-4-11-17)16(19)10-9-15-7-5-14(3)6-8-15/h5-8,13H,4,9-12H2,1-3H3. The number of carbonyl (C=O) groups excluding carboxylic acids is 1. The van der Waals surface area contributed by atoms with E-state index in [1.807, 2.05) is 4.90 Å². The van der Waals surface area contributed by atoms with Gasteiger partial charge in [0.2, 0.25) is 5.91 Å². The SMILES string of the molecule is Cc1ccc(CCC(=O)N(CCCCl)C(C)C)cc1. The minimum atomic E-state index is 0.223. The molecule has 0 bridgehead atoms. The molecule has 0 aliphatic rings. The van der Waals surface area contributed by atoms with Crippen LogP contribution in [0.2, 0.25) is 0 Å². The van der Waals surface area contributed by atoms with Crippen LogP contribution in [0.5, 0.6) is 0 Å². The number of hydrogen-bond donors (Lipinski definition) is 0. The molecule has 0 N–H and O–H groups in total. The van der Waals surface area contributed by atoms with E-state index in [9.17, 15) is 4.79 Å². The van der Waals surface area contributed by atoms with Gasteiger partial charge in [-0.3, -0.25) is 4.79 Å². The third-order valence-electron chi connectivity index (χ3n) is 3.22. The number of amides is 1. The Balaban J connectivity index is 2.49. The van der Waals surface area contributed by atoms with Crippen molar-refractivity contribution in [2.24, 2.45) is 0 Å². The van der Waals surface area contributed by atoms with Gasteiger partial charge in [0.25, 0.3) is 0 Å². The highest BCUT2D eigenvalue weighted by Crippen LogP contribution is 2.09. The first-order valence-corrected chi connectivity index (χ1v) is 7.49. The molecule has 0 spiro atoms. The topological polar surface area (TPSA) is 20.3 Å².